The van der Waals surface area contributed by atoms with E-state index in [1.54, 1.807) is 11.3 Å². The molecule has 0 aromatic carbocycles. The normalized spacial score (nSPS) is 22.1. The molecule has 1 fully saturated rings. The van der Waals surface area contributed by atoms with Gasteiger partial charge in [0.1, 0.15) is 0 Å². The summed E-state index contributed by atoms with van der Waals surface area (Å²) in [6.45, 7) is 7.48. The molecule has 0 spiro atoms. The molecule has 106 valence electrons. The first kappa shape index (κ1) is 14.5. The average Bonchev–Trinajstić information content (AvgIpc) is 2.62. The topological polar surface area (TPSA) is 51.2 Å². The van der Waals surface area contributed by atoms with Gasteiger partial charge in [-0.3, -0.25) is 4.79 Å². The molecular formula is C14H22N2O2S. The number of nitrogens with zero attached hydrogens (tertiary/aromatic N) is 1. The summed E-state index contributed by atoms with van der Waals surface area (Å²) >= 11 is 1.72. The maximum absolute atomic E-state index is 11.9. The first-order valence-electron chi connectivity index (χ1n) is 6.92. The van der Waals surface area contributed by atoms with Gasteiger partial charge in [-0.05, 0) is 33.6 Å². The molecule has 4 nitrogen and oxygen atoms in total. The molecule has 1 aliphatic carbocycles. The molecule has 1 heterocycles. The van der Waals surface area contributed by atoms with Crippen molar-refractivity contribution < 1.29 is 9.53 Å². The molecule has 1 aromatic heterocycles. The minimum absolute atomic E-state index is 0.154. The van der Waals surface area contributed by atoms with Crippen LogP contribution in [0.25, 0.3) is 0 Å². The fraction of sp³-hybridized carbons (Fsp3) is 0.714. The number of hydrogen-bond acceptors (Lipinski definition) is 4. The summed E-state index contributed by atoms with van der Waals surface area (Å²) in [6, 6.07) is 0. The van der Waals surface area contributed by atoms with Gasteiger partial charge < -0.3 is 10.1 Å². The molecule has 0 saturated heterocycles. The predicted molar refractivity (Wildman–Crippen MR) is 76.4 cm³/mol. The van der Waals surface area contributed by atoms with Gasteiger partial charge in [0.05, 0.1) is 16.8 Å². The number of carbonyl (C=O) groups is 1. The Balaban J connectivity index is 1.66. The van der Waals surface area contributed by atoms with E-state index in [2.05, 4.69) is 10.3 Å². The van der Waals surface area contributed by atoms with Crippen molar-refractivity contribution in [3.8, 4) is 0 Å². The number of amides is 1. The smallest absolute Gasteiger partial charge is 0.223 e. The van der Waals surface area contributed by atoms with Crippen LogP contribution >= 0.6 is 11.3 Å². The quantitative estimate of drug-likeness (QED) is 0.870. The molecular weight excluding hydrogens is 260 g/mol. The Morgan fingerprint density at radius 3 is 2.79 bits per heavy atom. The lowest BCUT2D eigenvalue weighted by molar-refractivity contribution is -0.133. The zero-order chi connectivity index (χ0) is 13.8. The number of ether oxygens (including phenoxy) is 1. The maximum atomic E-state index is 11.9. The molecule has 1 aromatic rings. The van der Waals surface area contributed by atoms with Crippen molar-refractivity contribution in [2.75, 3.05) is 13.2 Å². The van der Waals surface area contributed by atoms with E-state index in [0.717, 1.165) is 36.6 Å². The van der Waals surface area contributed by atoms with Crippen molar-refractivity contribution in [3.05, 3.63) is 15.6 Å². The Morgan fingerprint density at radius 1 is 1.47 bits per heavy atom. The number of hydrogen-bond donors (Lipinski definition) is 1. The second-order valence-corrected chi connectivity index (χ2v) is 6.32. The van der Waals surface area contributed by atoms with Crippen molar-refractivity contribution in [1.82, 2.24) is 10.3 Å². The summed E-state index contributed by atoms with van der Waals surface area (Å²) in [4.78, 5) is 17.5. The number of nitrogens with one attached hydrogen (secondary N) is 1. The van der Waals surface area contributed by atoms with Crippen LogP contribution in [0.3, 0.4) is 0 Å². The minimum atomic E-state index is 0.154. The number of thiazole rings is 1. The minimum Gasteiger partial charge on any atom is -0.378 e. The van der Waals surface area contributed by atoms with Crippen LogP contribution < -0.4 is 5.32 Å². The SMILES string of the molecule is CCOC1CC(C(=O)NCCc2sc(C)nc2C)C1. The van der Waals surface area contributed by atoms with Gasteiger partial charge in [-0.2, -0.15) is 0 Å². The molecule has 19 heavy (non-hydrogen) atoms. The number of carbonyl (C=O) groups excluding carboxylic acids is 1. The predicted octanol–water partition coefficient (Wildman–Crippen LogP) is 2.23. The molecule has 0 bridgehead atoms. The average molecular weight is 282 g/mol. The maximum Gasteiger partial charge on any atom is 0.223 e. The van der Waals surface area contributed by atoms with E-state index in [1.165, 1.54) is 4.88 Å². The van der Waals surface area contributed by atoms with Crippen molar-refractivity contribution >= 4 is 17.2 Å². The van der Waals surface area contributed by atoms with Crippen molar-refractivity contribution in [2.45, 2.75) is 46.1 Å². The fourth-order valence-electron chi connectivity index (χ4n) is 2.40. The molecule has 1 amide bonds. The van der Waals surface area contributed by atoms with Crippen molar-refractivity contribution in [2.24, 2.45) is 5.92 Å². The third kappa shape index (κ3) is 3.76. The molecule has 0 unspecified atom stereocenters. The van der Waals surface area contributed by atoms with Crippen LogP contribution in [0, 0.1) is 19.8 Å². The van der Waals surface area contributed by atoms with Gasteiger partial charge in [0, 0.05) is 30.4 Å². The lowest BCUT2D eigenvalue weighted by Crippen LogP contribution is -2.42. The first-order valence-corrected chi connectivity index (χ1v) is 7.74. The Hall–Kier alpha value is -0.940. The van der Waals surface area contributed by atoms with Crippen LogP contribution in [0.4, 0.5) is 0 Å². The first-order chi connectivity index (χ1) is 9.10. The molecule has 1 aliphatic rings. The van der Waals surface area contributed by atoms with Crippen LogP contribution in [0.2, 0.25) is 0 Å². The van der Waals surface area contributed by atoms with Gasteiger partial charge in [-0.1, -0.05) is 0 Å². The summed E-state index contributed by atoms with van der Waals surface area (Å²) in [5.41, 5.74) is 1.09. The third-order valence-electron chi connectivity index (χ3n) is 3.52. The van der Waals surface area contributed by atoms with Gasteiger partial charge in [-0.25, -0.2) is 4.98 Å². The molecule has 2 rings (SSSR count). The van der Waals surface area contributed by atoms with Crippen LogP contribution in [0.15, 0.2) is 0 Å². The van der Waals surface area contributed by atoms with E-state index in [1.807, 2.05) is 20.8 Å². The Morgan fingerprint density at radius 2 is 2.21 bits per heavy atom. The highest BCUT2D eigenvalue weighted by molar-refractivity contribution is 7.11. The van der Waals surface area contributed by atoms with E-state index >= 15 is 0 Å². The van der Waals surface area contributed by atoms with Gasteiger partial charge in [0.25, 0.3) is 0 Å². The lowest BCUT2D eigenvalue weighted by Gasteiger charge is -2.33. The van der Waals surface area contributed by atoms with E-state index in [4.69, 9.17) is 4.74 Å². The van der Waals surface area contributed by atoms with Crippen molar-refractivity contribution in [3.63, 3.8) is 0 Å². The summed E-state index contributed by atoms with van der Waals surface area (Å²) in [5.74, 6) is 0.329. The van der Waals surface area contributed by atoms with Crippen LogP contribution in [0.1, 0.15) is 35.3 Å². The van der Waals surface area contributed by atoms with Crippen LogP contribution in [0.5, 0.6) is 0 Å². The van der Waals surface area contributed by atoms with E-state index < -0.39 is 0 Å². The Kier molecular flexibility index (Phi) is 4.93. The summed E-state index contributed by atoms with van der Waals surface area (Å²) < 4.78 is 5.46. The fourth-order valence-corrected chi connectivity index (χ4v) is 3.34. The molecule has 1 N–H and O–H groups in total. The van der Waals surface area contributed by atoms with Crippen molar-refractivity contribution in [1.29, 1.82) is 0 Å². The number of aryl methyl sites for hydroxylation is 2. The highest BCUT2D eigenvalue weighted by atomic mass is 32.1. The highest BCUT2D eigenvalue weighted by Crippen LogP contribution is 2.30. The van der Waals surface area contributed by atoms with Crippen LogP contribution in [-0.2, 0) is 16.0 Å². The second-order valence-electron chi connectivity index (χ2n) is 5.03. The van der Waals surface area contributed by atoms with Gasteiger partial charge >= 0.3 is 0 Å². The third-order valence-corrected chi connectivity index (χ3v) is 4.65. The second kappa shape index (κ2) is 6.48. The standard InChI is InChI=1S/C14H22N2O2S/c1-4-18-12-7-11(8-12)14(17)15-6-5-13-9(2)16-10(3)19-13/h11-12H,4-8H2,1-3H3,(H,15,17). The lowest BCUT2D eigenvalue weighted by atomic mass is 9.81. The molecule has 5 heteroatoms. The monoisotopic (exact) mass is 282 g/mol. The molecule has 0 aliphatic heterocycles. The van der Waals surface area contributed by atoms with Crippen LogP contribution in [-0.4, -0.2) is 30.1 Å². The van der Waals surface area contributed by atoms with Gasteiger partial charge in [0.15, 0.2) is 0 Å². The highest BCUT2D eigenvalue weighted by Gasteiger charge is 2.34. The number of aromatic nitrogens is 1. The zero-order valence-electron chi connectivity index (χ0n) is 11.9. The Bertz CT molecular complexity index is 439. The zero-order valence-corrected chi connectivity index (χ0v) is 12.7. The van der Waals surface area contributed by atoms with Gasteiger partial charge in [-0.15, -0.1) is 11.3 Å². The number of rotatable bonds is 6. The summed E-state index contributed by atoms with van der Waals surface area (Å²) in [6.07, 6.45) is 2.92. The molecule has 1 saturated carbocycles. The summed E-state index contributed by atoms with van der Waals surface area (Å²) in [5, 5.41) is 4.11. The largest absolute Gasteiger partial charge is 0.378 e. The molecule has 0 radical (unpaired) electrons. The molecule has 0 atom stereocenters. The van der Waals surface area contributed by atoms with Gasteiger partial charge in [0.2, 0.25) is 5.91 Å². The van der Waals surface area contributed by atoms with E-state index in [0.29, 0.717) is 12.6 Å². The summed E-state index contributed by atoms with van der Waals surface area (Å²) in [7, 11) is 0. The van der Waals surface area contributed by atoms with E-state index in [-0.39, 0.29) is 11.8 Å². The Labute approximate surface area is 118 Å². The van der Waals surface area contributed by atoms with E-state index in [9.17, 15) is 4.79 Å².